The molecule has 3 rings (SSSR count). The van der Waals surface area contributed by atoms with Gasteiger partial charge in [0.2, 0.25) is 0 Å². The molecule has 0 bridgehead atoms. The molecule has 0 saturated carbocycles. The molecule has 152 valence electrons. The zero-order valence-electron chi connectivity index (χ0n) is 16.3. The largest absolute Gasteiger partial charge is 0.493 e. The standard InChI is InChI=1S/C23H22BrClFNO2/c1-15-6-8-16(9-7-15)12-27-13-17-10-19(24)23(22(11-17)28-2)29-14-18-20(25)4-3-5-21(18)26/h3-11,27H,12-14H2,1-2H3. The Labute approximate surface area is 183 Å². The normalized spacial score (nSPS) is 10.8. The van der Waals surface area contributed by atoms with Crippen LogP contribution in [0.3, 0.4) is 0 Å². The van der Waals surface area contributed by atoms with Gasteiger partial charge in [0.15, 0.2) is 11.5 Å². The Morgan fingerprint density at radius 2 is 1.76 bits per heavy atom. The van der Waals surface area contributed by atoms with E-state index in [1.54, 1.807) is 19.2 Å². The van der Waals surface area contributed by atoms with Crippen LogP contribution in [-0.2, 0) is 19.7 Å². The summed E-state index contributed by atoms with van der Waals surface area (Å²) < 4.78 is 26.0. The molecule has 0 aliphatic rings. The van der Waals surface area contributed by atoms with Gasteiger partial charge in [0, 0.05) is 18.7 Å². The van der Waals surface area contributed by atoms with Crippen molar-refractivity contribution in [3.8, 4) is 11.5 Å². The minimum absolute atomic E-state index is 0.00544. The molecule has 3 aromatic rings. The minimum Gasteiger partial charge on any atom is -0.493 e. The van der Waals surface area contributed by atoms with Gasteiger partial charge in [-0.15, -0.1) is 0 Å². The van der Waals surface area contributed by atoms with Crippen molar-refractivity contribution >= 4 is 27.5 Å². The van der Waals surface area contributed by atoms with E-state index in [2.05, 4.69) is 52.4 Å². The van der Waals surface area contributed by atoms with Crippen LogP contribution in [0, 0.1) is 12.7 Å². The predicted octanol–water partition coefficient (Wildman–Crippen LogP) is 6.43. The molecule has 0 fully saturated rings. The van der Waals surface area contributed by atoms with E-state index in [-0.39, 0.29) is 6.61 Å². The zero-order chi connectivity index (χ0) is 20.8. The molecular weight excluding hydrogens is 457 g/mol. The monoisotopic (exact) mass is 477 g/mol. The van der Waals surface area contributed by atoms with Crippen LogP contribution in [0.15, 0.2) is 59.1 Å². The third-order valence-corrected chi connectivity index (χ3v) is 5.43. The van der Waals surface area contributed by atoms with Crippen molar-refractivity contribution in [2.24, 2.45) is 0 Å². The molecule has 3 nitrogen and oxygen atoms in total. The summed E-state index contributed by atoms with van der Waals surface area (Å²) in [5, 5.41) is 3.75. The lowest BCUT2D eigenvalue weighted by Gasteiger charge is -2.15. The smallest absolute Gasteiger partial charge is 0.175 e. The van der Waals surface area contributed by atoms with Crippen LogP contribution in [0.2, 0.25) is 5.02 Å². The fourth-order valence-electron chi connectivity index (χ4n) is 2.89. The highest BCUT2D eigenvalue weighted by Gasteiger charge is 2.14. The second kappa shape index (κ2) is 10.1. The number of methoxy groups -OCH3 is 1. The maximum absolute atomic E-state index is 14.0. The van der Waals surface area contributed by atoms with Gasteiger partial charge in [-0.3, -0.25) is 0 Å². The lowest BCUT2D eigenvalue weighted by Crippen LogP contribution is -2.13. The zero-order valence-corrected chi connectivity index (χ0v) is 18.6. The number of aryl methyl sites for hydroxylation is 1. The summed E-state index contributed by atoms with van der Waals surface area (Å²) >= 11 is 9.61. The quantitative estimate of drug-likeness (QED) is 0.405. The van der Waals surface area contributed by atoms with E-state index >= 15 is 0 Å². The number of nitrogens with one attached hydrogen (secondary N) is 1. The van der Waals surface area contributed by atoms with E-state index in [1.807, 2.05) is 12.1 Å². The maximum Gasteiger partial charge on any atom is 0.175 e. The Morgan fingerprint density at radius 3 is 2.45 bits per heavy atom. The van der Waals surface area contributed by atoms with Crippen LogP contribution in [0.25, 0.3) is 0 Å². The molecule has 0 aliphatic carbocycles. The number of halogens is 3. The van der Waals surface area contributed by atoms with Gasteiger partial charge in [-0.05, 0) is 58.2 Å². The van der Waals surface area contributed by atoms with Gasteiger partial charge in [-0.1, -0.05) is 47.5 Å². The van der Waals surface area contributed by atoms with Crippen molar-refractivity contribution in [1.29, 1.82) is 0 Å². The Balaban J connectivity index is 1.67. The van der Waals surface area contributed by atoms with Crippen LogP contribution >= 0.6 is 27.5 Å². The molecule has 0 heterocycles. The highest BCUT2D eigenvalue weighted by atomic mass is 79.9. The number of benzene rings is 3. The first kappa shape index (κ1) is 21.6. The van der Waals surface area contributed by atoms with Crippen molar-refractivity contribution in [1.82, 2.24) is 5.32 Å². The van der Waals surface area contributed by atoms with Crippen molar-refractivity contribution in [3.63, 3.8) is 0 Å². The van der Waals surface area contributed by atoms with E-state index in [1.165, 1.54) is 17.2 Å². The van der Waals surface area contributed by atoms with E-state index in [0.717, 1.165) is 16.6 Å². The minimum atomic E-state index is -0.399. The lowest BCUT2D eigenvalue weighted by molar-refractivity contribution is 0.277. The molecule has 0 unspecified atom stereocenters. The third kappa shape index (κ3) is 5.72. The van der Waals surface area contributed by atoms with Crippen molar-refractivity contribution in [3.05, 3.63) is 92.2 Å². The number of ether oxygens (including phenoxy) is 2. The molecule has 0 aliphatic heterocycles. The summed E-state index contributed by atoms with van der Waals surface area (Å²) in [7, 11) is 1.58. The van der Waals surface area contributed by atoms with Crippen LogP contribution < -0.4 is 14.8 Å². The molecule has 0 amide bonds. The van der Waals surface area contributed by atoms with Gasteiger partial charge >= 0.3 is 0 Å². The first-order valence-corrected chi connectivity index (χ1v) is 10.3. The van der Waals surface area contributed by atoms with Crippen LogP contribution in [-0.4, -0.2) is 7.11 Å². The molecule has 0 spiro atoms. The maximum atomic E-state index is 14.0. The first-order valence-electron chi connectivity index (χ1n) is 9.16. The Morgan fingerprint density at radius 1 is 1.03 bits per heavy atom. The number of hydrogen-bond donors (Lipinski definition) is 1. The summed E-state index contributed by atoms with van der Waals surface area (Å²) in [6.07, 6.45) is 0. The lowest BCUT2D eigenvalue weighted by atomic mass is 10.1. The summed E-state index contributed by atoms with van der Waals surface area (Å²) in [5.41, 5.74) is 3.82. The van der Waals surface area contributed by atoms with Gasteiger partial charge in [0.1, 0.15) is 12.4 Å². The molecule has 29 heavy (non-hydrogen) atoms. The van der Waals surface area contributed by atoms with Crippen molar-refractivity contribution < 1.29 is 13.9 Å². The SMILES string of the molecule is COc1cc(CNCc2ccc(C)cc2)cc(Br)c1OCc1c(F)cccc1Cl. The van der Waals surface area contributed by atoms with E-state index in [4.69, 9.17) is 21.1 Å². The average molecular weight is 479 g/mol. The third-order valence-electron chi connectivity index (χ3n) is 4.49. The molecule has 3 aromatic carbocycles. The molecule has 1 N–H and O–H groups in total. The first-order chi connectivity index (χ1) is 14.0. The Hall–Kier alpha value is -2.08. The number of rotatable bonds is 8. The van der Waals surface area contributed by atoms with Crippen molar-refractivity contribution in [2.45, 2.75) is 26.6 Å². The van der Waals surface area contributed by atoms with Crippen LogP contribution in [0.5, 0.6) is 11.5 Å². The summed E-state index contributed by atoms with van der Waals surface area (Å²) in [6.45, 7) is 3.52. The van der Waals surface area contributed by atoms with E-state index in [0.29, 0.717) is 28.6 Å². The second-order valence-electron chi connectivity index (χ2n) is 6.69. The fraction of sp³-hybridized carbons (Fsp3) is 0.217. The van der Waals surface area contributed by atoms with E-state index < -0.39 is 5.82 Å². The summed E-state index contributed by atoms with van der Waals surface area (Å²) in [6, 6.07) is 16.9. The molecule has 6 heteroatoms. The van der Waals surface area contributed by atoms with Gasteiger partial charge < -0.3 is 14.8 Å². The van der Waals surface area contributed by atoms with Crippen LogP contribution in [0.1, 0.15) is 22.3 Å². The highest BCUT2D eigenvalue weighted by Crippen LogP contribution is 2.37. The predicted molar refractivity (Wildman–Crippen MR) is 118 cm³/mol. The molecule has 0 aromatic heterocycles. The Kier molecular flexibility index (Phi) is 7.53. The second-order valence-corrected chi connectivity index (χ2v) is 7.95. The van der Waals surface area contributed by atoms with Gasteiger partial charge in [0.05, 0.1) is 16.6 Å². The summed E-state index contributed by atoms with van der Waals surface area (Å²) in [5.74, 6) is 0.678. The summed E-state index contributed by atoms with van der Waals surface area (Å²) in [4.78, 5) is 0. The van der Waals surface area contributed by atoms with Gasteiger partial charge in [-0.25, -0.2) is 4.39 Å². The van der Waals surface area contributed by atoms with Gasteiger partial charge in [-0.2, -0.15) is 0 Å². The molecule has 0 atom stereocenters. The molecular formula is C23H22BrClFNO2. The van der Waals surface area contributed by atoms with Crippen LogP contribution in [0.4, 0.5) is 4.39 Å². The van der Waals surface area contributed by atoms with Gasteiger partial charge in [0.25, 0.3) is 0 Å². The van der Waals surface area contributed by atoms with E-state index in [9.17, 15) is 4.39 Å². The number of hydrogen-bond acceptors (Lipinski definition) is 3. The molecule has 0 radical (unpaired) electrons. The topological polar surface area (TPSA) is 30.5 Å². The highest BCUT2D eigenvalue weighted by molar-refractivity contribution is 9.10. The average Bonchev–Trinajstić information content (AvgIpc) is 2.70. The fourth-order valence-corrected chi connectivity index (χ4v) is 3.71. The van der Waals surface area contributed by atoms with Crippen molar-refractivity contribution in [2.75, 3.05) is 7.11 Å². The Bertz CT molecular complexity index is 959. The molecule has 0 saturated heterocycles.